The Morgan fingerprint density at radius 2 is 2.10 bits per heavy atom. The molecule has 20 heavy (non-hydrogen) atoms. The molecule has 3 rings (SSSR count). The molecule has 0 aliphatic heterocycles. The Hall–Kier alpha value is -1.68. The summed E-state index contributed by atoms with van der Waals surface area (Å²) in [5.41, 5.74) is 0.450. The normalized spacial score (nSPS) is 15.8. The van der Waals surface area contributed by atoms with E-state index in [1.165, 1.54) is 10.9 Å². The zero-order chi connectivity index (χ0) is 13.9. The third-order valence-electron chi connectivity index (χ3n) is 3.57. The molecule has 1 aliphatic rings. The molecule has 1 fully saturated rings. The molecule has 1 N–H and O–H groups in total. The Balaban J connectivity index is 1.67. The van der Waals surface area contributed by atoms with E-state index in [-0.39, 0.29) is 24.2 Å². The maximum atomic E-state index is 13.6. The van der Waals surface area contributed by atoms with Crippen molar-refractivity contribution in [1.29, 1.82) is 0 Å². The van der Waals surface area contributed by atoms with Crippen LogP contribution in [0.2, 0.25) is 0 Å². The van der Waals surface area contributed by atoms with Crippen LogP contribution in [0.3, 0.4) is 0 Å². The first-order valence-corrected chi connectivity index (χ1v) is 7.68. The van der Waals surface area contributed by atoms with Gasteiger partial charge in [-0.15, -0.1) is 11.3 Å². The molecule has 1 aromatic carbocycles. The van der Waals surface area contributed by atoms with Gasteiger partial charge in [0.05, 0.1) is 12.5 Å². The fourth-order valence-electron chi connectivity index (χ4n) is 2.36. The van der Waals surface area contributed by atoms with Crippen LogP contribution in [-0.2, 0) is 11.2 Å². The van der Waals surface area contributed by atoms with Crippen LogP contribution >= 0.6 is 11.3 Å². The average molecular weight is 289 g/mol. The average Bonchev–Trinajstić information content (AvgIpc) is 3.13. The van der Waals surface area contributed by atoms with Crippen molar-refractivity contribution in [3.05, 3.63) is 58.0 Å². The lowest BCUT2D eigenvalue weighted by Gasteiger charge is -2.17. The topological polar surface area (TPSA) is 29.1 Å². The molecule has 1 aliphatic carbocycles. The SMILES string of the molecule is O=C(Cc1ccccc1F)N[C@@H](c1cccs1)C1CC1. The summed E-state index contributed by atoms with van der Waals surface area (Å²) in [5, 5.41) is 5.08. The number of thiophene rings is 1. The van der Waals surface area contributed by atoms with Crippen LogP contribution in [0, 0.1) is 11.7 Å². The molecule has 1 atom stereocenters. The van der Waals surface area contributed by atoms with E-state index in [4.69, 9.17) is 0 Å². The molecule has 1 amide bonds. The summed E-state index contributed by atoms with van der Waals surface area (Å²) in [6, 6.07) is 10.6. The maximum Gasteiger partial charge on any atom is 0.225 e. The van der Waals surface area contributed by atoms with Gasteiger partial charge in [-0.1, -0.05) is 24.3 Å². The lowest BCUT2D eigenvalue weighted by molar-refractivity contribution is -0.121. The van der Waals surface area contributed by atoms with Crippen molar-refractivity contribution in [2.45, 2.75) is 25.3 Å². The number of nitrogens with one attached hydrogen (secondary N) is 1. The Morgan fingerprint density at radius 1 is 1.30 bits per heavy atom. The first-order chi connectivity index (χ1) is 9.74. The first kappa shape index (κ1) is 13.3. The van der Waals surface area contributed by atoms with Gasteiger partial charge in [0.2, 0.25) is 5.91 Å². The highest BCUT2D eigenvalue weighted by Crippen LogP contribution is 2.42. The second-order valence-corrected chi connectivity index (χ2v) is 6.15. The van der Waals surface area contributed by atoms with Crippen LogP contribution in [0.5, 0.6) is 0 Å². The number of hydrogen-bond acceptors (Lipinski definition) is 2. The van der Waals surface area contributed by atoms with Gasteiger partial charge < -0.3 is 5.32 Å². The highest BCUT2D eigenvalue weighted by Gasteiger charge is 2.33. The molecule has 1 aromatic heterocycles. The van der Waals surface area contributed by atoms with Gasteiger partial charge in [-0.2, -0.15) is 0 Å². The van der Waals surface area contributed by atoms with Crippen molar-refractivity contribution in [2.24, 2.45) is 5.92 Å². The quantitative estimate of drug-likeness (QED) is 0.893. The molecule has 0 unspecified atom stereocenters. The third kappa shape index (κ3) is 3.07. The Bertz CT molecular complexity index is 592. The van der Waals surface area contributed by atoms with Gasteiger partial charge in [0.1, 0.15) is 5.82 Å². The number of benzene rings is 1. The molecule has 0 bridgehead atoms. The fraction of sp³-hybridized carbons (Fsp3) is 0.312. The summed E-state index contributed by atoms with van der Waals surface area (Å²) in [7, 11) is 0. The summed E-state index contributed by atoms with van der Waals surface area (Å²) >= 11 is 1.66. The van der Waals surface area contributed by atoms with E-state index in [2.05, 4.69) is 11.4 Å². The van der Waals surface area contributed by atoms with Gasteiger partial charge in [-0.25, -0.2) is 4.39 Å². The Kier molecular flexibility index (Phi) is 3.83. The Labute approximate surface area is 121 Å². The number of hydrogen-bond donors (Lipinski definition) is 1. The minimum atomic E-state index is -0.318. The molecular formula is C16H16FNOS. The number of rotatable bonds is 5. The summed E-state index contributed by atoms with van der Waals surface area (Å²) in [5.74, 6) is 0.111. The molecule has 2 aromatic rings. The van der Waals surface area contributed by atoms with E-state index in [1.807, 2.05) is 11.4 Å². The maximum absolute atomic E-state index is 13.6. The molecular weight excluding hydrogens is 273 g/mol. The van der Waals surface area contributed by atoms with E-state index in [0.717, 1.165) is 12.8 Å². The minimum Gasteiger partial charge on any atom is -0.348 e. The van der Waals surface area contributed by atoms with Gasteiger partial charge in [0.15, 0.2) is 0 Å². The van der Waals surface area contributed by atoms with E-state index in [9.17, 15) is 9.18 Å². The van der Waals surface area contributed by atoms with Crippen LogP contribution < -0.4 is 5.32 Å². The van der Waals surface area contributed by atoms with Crippen molar-refractivity contribution >= 4 is 17.2 Å². The number of carbonyl (C=O) groups excluding carboxylic acids is 1. The monoisotopic (exact) mass is 289 g/mol. The zero-order valence-electron chi connectivity index (χ0n) is 11.0. The summed E-state index contributed by atoms with van der Waals surface area (Å²) in [6.07, 6.45) is 2.41. The predicted octanol–water partition coefficient (Wildman–Crippen LogP) is 3.70. The van der Waals surface area contributed by atoms with Crippen LogP contribution in [-0.4, -0.2) is 5.91 Å². The summed E-state index contributed by atoms with van der Waals surface area (Å²) in [6.45, 7) is 0. The summed E-state index contributed by atoms with van der Waals surface area (Å²) in [4.78, 5) is 13.3. The van der Waals surface area contributed by atoms with E-state index < -0.39 is 0 Å². The largest absolute Gasteiger partial charge is 0.348 e. The van der Waals surface area contributed by atoms with Crippen LogP contribution in [0.15, 0.2) is 41.8 Å². The summed E-state index contributed by atoms with van der Waals surface area (Å²) < 4.78 is 13.6. The van der Waals surface area contributed by atoms with Crippen molar-refractivity contribution in [3.63, 3.8) is 0 Å². The molecule has 104 valence electrons. The number of carbonyl (C=O) groups is 1. The van der Waals surface area contributed by atoms with Gasteiger partial charge in [-0.05, 0) is 41.8 Å². The van der Waals surface area contributed by atoms with Crippen LogP contribution in [0.1, 0.15) is 29.3 Å². The van der Waals surface area contributed by atoms with Crippen molar-refractivity contribution < 1.29 is 9.18 Å². The number of amides is 1. The van der Waals surface area contributed by atoms with Crippen molar-refractivity contribution in [3.8, 4) is 0 Å². The lowest BCUT2D eigenvalue weighted by Crippen LogP contribution is -2.30. The number of halogens is 1. The molecule has 2 nitrogen and oxygen atoms in total. The molecule has 0 saturated heterocycles. The van der Waals surface area contributed by atoms with Gasteiger partial charge in [-0.3, -0.25) is 4.79 Å². The highest BCUT2D eigenvalue weighted by atomic mass is 32.1. The van der Waals surface area contributed by atoms with E-state index >= 15 is 0 Å². The van der Waals surface area contributed by atoms with Crippen molar-refractivity contribution in [1.82, 2.24) is 5.32 Å². The zero-order valence-corrected chi connectivity index (χ0v) is 11.8. The highest BCUT2D eigenvalue weighted by molar-refractivity contribution is 7.10. The lowest BCUT2D eigenvalue weighted by atomic mass is 10.1. The first-order valence-electron chi connectivity index (χ1n) is 6.80. The van der Waals surface area contributed by atoms with Gasteiger partial charge in [0.25, 0.3) is 0 Å². The van der Waals surface area contributed by atoms with Gasteiger partial charge >= 0.3 is 0 Å². The second-order valence-electron chi connectivity index (χ2n) is 5.17. The van der Waals surface area contributed by atoms with Crippen molar-refractivity contribution in [2.75, 3.05) is 0 Å². The fourth-order valence-corrected chi connectivity index (χ4v) is 3.23. The predicted molar refractivity (Wildman–Crippen MR) is 78.0 cm³/mol. The molecule has 0 spiro atoms. The van der Waals surface area contributed by atoms with Gasteiger partial charge in [0, 0.05) is 4.88 Å². The molecule has 1 saturated carbocycles. The molecule has 4 heteroatoms. The van der Waals surface area contributed by atoms with Crippen LogP contribution in [0.4, 0.5) is 4.39 Å². The smallest absolute Gasteiger partial charge is 0.225 e. The minimum absolute atomic E-state index is 0.0919. The second kappa shape index (κ2) is 5.75. The Morgan fingerprint density at radius 3 is 2.75 bits per heavy atom. The van der Waals surface area contributed by atoms with Crippen LogP contribution in [0.25, 0.3) is 0 Å². The standard InChI is InChI=1S/C16H16FNOS/c17-13-5-2-1-4-12(13)10-15(19)18-16(11-7-8-11)14-6-3-9-20-14/h1-6,9,11,16H,7-8,10H2,(H,18,19)/t16-/m1/s1. The molecule has 1 heterocycles. The van der Waals surface area contributed by atoms with E-state index in [1.54, 1.807) is 29.5 Å². The molecule has 0 radical (unpaired) electrons. The third-order valence-corrected chi connectivity index (χ3v) is 4.52. The van der Waals surface area contributed by atoms with E-state index in [0.29, 0.717) is 11.5 Å².